The number of carbonyl (C=O) groups excluding carboxylic acids is 1. The number of thiazole rings is 1. The number of imidazole rings is 1. The van der Waals surface area contributed by atoms with Gasteiger partial charge in [-0.3, -0.25) is 4.79 Å². The summed E-state index contributed by atoms with van der Waals surface area (Å²) < 4.78 is 7.88. The number of para-hydroxylation sites is 2. The molecule has 134 valence electrons. The van der Waals surface area contributed by atoms with Crippen LogP contribution in [0, 0.1) is 5.41 Å². The van der Waals surface area contributed by atoms with Crippen molar-refractivity contribution in [1.82, 2.24) is 14.5 Å². The van der Waals surface area contributed by atoms with E-state index < -0.39 is 0 Å². The predicted molar refractivity (Wildman–Crippen MR) is 100 cm³/mol. The van der Waals surface area contributed by atoms with E-state index in [4.69, 9.17) is 4.74 Å². The molecular formula is C19H20N4O2S. The fourth-order valence-corrected chi connectivity index (χ4v) is 4.92. The van der Waals surface area contributed by atoms with Gasteiger partial charge in [0.2, 0.25) is 0 Å². The number of esters is 1. The number of fused-ring (bicyclic) bond motifs is 1. The van der Waals surface area contributed by atoms with Crippen molar-refractivity contribution in [2.75, 3.05) is 18.0 Å². The molecule has 7 heteroatoms. The number of carbonyl (C=O) groups is 1. The van der Waals surface area contributed by atoms with Crippen LogP contribution in [0.2, 0.25) is 0 Å². The summed E-state index contributed by atoms with van der Waals surface area (Å²) in [7, 11) is 0. The number of piperidine rings is 1. The molecule has 0 radical (unpaired) electrons. The minimum atomic E-state index is -0.325. The van der Waals surface area contributed by atoms with E-state index in [0.717, 1.165) is 48.5 Å². The van der Waals surface area contributed by atoms with Gasteiger partial charge in [-0.2, -0.15) is 0 Å². The molecule has 2 saturated heterocycles. The molecule has 0 aliphatic carbocycles. The molecule has 2 fully saturated rings. The van der Waals surface area contributed by atoms with E-state index in [2.05, 4.69) is 25.5 Å². The fourth-order valence-electron chi connectivity index (χ4n) is 4.22. The van der Waals surface area contributed by atoms with Crippen molar-refractivity contribution in [1.29, 1.82) is 0 Å². The average molecular weight is 368 g/mol. The first-order valence-corrected chi connectivity index (χ1v) is 9.87. The highest BCUT2D eigenvalue weighted by atomic mass is 32.1. The van der Waals surface area contributed by atoms with Gasteiger partial charge < -0.3 is 14.2 Å². The second kappa shape index (κ2) is 6.09. The first-order chi connectivity index (χ1) is 12.7. The van der Waals surface area contributed by atoms with Crippen molar-refractivity contribution in [3.05, 3.63) is 42.2 Å². The summed E-state index contributed by atoms with van der Waals surface area (Å²) in [6, 6.07) is 8.06. The Balaban J connectivity index is 1.29. The van der Waals surface area contributed by atoms with Crippen molar-refractivity contribution >= 4 is 33.5 Å². The van der Waals surface area contributed by atoms with Gasteiger partial charge in [-0.25, -0.2) is 9.97 Å². The normalized spacial score (nSPS) is 22.2. The first-order valence-electron chi connectivity index (χ1n) is 8.99. The predicted octanol–water partition coefficient (Wildman–Crippen LogP) is 3.10. The van der Waals surface area contributed by atoms with Gasteiger partial charge in [0.15, 0.2) is 5.13 Å². The van der Waals surface area contributed by atoms with Gasteiger partial charge >= 0.3 is 5.97 Å². The number of cyclic esters (lactones) is 1. The number of ether oxygens (including phenoxy) is 1. The molecule has 2 aliphatic rings. The van der Waals surface area contributed by atoms with Crippen LogP contribution in [0.15, 0.2) is 42.2 Å². The number of benzene rings is 1. The lowest BCUT2D eigenvalue weighted by Crippen LogP contribution is -2.42. The van der Waals surface area contributed by atoms with E-state index in [0.29, 0.717) is 6.54 Å². The summed E-state index contributed by atoms with van der Waals surface area (Å²) in [4.78, 5) is 23.8. The summed E-state index contributed by atoms with van der Waals surface area (Å²) in [5, 5.41) is 3.04. The van der Waals surface area contributed by atoms with E-state index in [-0.39, 0.29) is 17.5 Å². The highest BCUT2D eigenvalue weighted by Crippen LogP contribution is 2.44. The zero-order chi connectivity index (χ0) is 17.6. The van der Waals surface area contributed by atoms with Gasteiger partial charge in [0, 0.05) is 31.1 Å². The summed E-state index contributed by atoms with van der Waals surface area (Å²) in [5.74, 6) is -0.0225. The van der Waals surface area contributed by atoms with Crippen LogP contribution < -0.4 is 4.90 Å². The maximum absolute atomic E-state index is 12.7. The van der Waals surface area contributed by atoms with Gasteiger partial charge in [0.1, 0.15) is 6.10 Å². The fraction of sp³-hybridized carbons (Fsp3) is 0.421. The van der Waals surface area contributed by atoms with Gasteiger partial charge in [-0.15, -0.1) is 11.3 Å². The lowest BCUT2D eigenvalue weighted by molar-refractivity contribution is -0.150. The smallest absolute Gasteiger partial charge is 0.312 e. The molecule has 1 aromatic carbocycles. The van der Waals surface area contributed by atoms with Crippen molar-refractivity contribution in [2.24, 2.45) is 5.41 Å². The first kappa shape index (κ1) is 15.8. The highest BCUT2D eigenvalue weighted by Gasteiger charge is 2.50. The maximum atomic E-state index is 12.7. The van der Waals surface area contributed by atoms with Crippen molar-refractivity contribution < 1.29 is 9.53 Å². The second-order valence-corrected chi connectivity index (χ2v) is 8.07. The lowest BCUT2D eigenvalue weighted by Gasteiger charge is -2.36. The van der Waals surface area contributed by atoms with E-state index >= 15 is 0 Å². The topological polar surface area (TPSA) is 60.3 Å². The molecule has 0 saturated carbocycles. The van der Waals surface area contributed by atoms with Gasteiger partial charge in [0.05, 0.1) is 29.3 Å². The number of aromatic nitrogens is 3. The van der Waals surface area contributed by atoms with Crippen LogP contribution in [0.3, 0.4) is 0 Å². The lowest BCUT2D eigenvalue weighted by atomic mass is 9.76. The monoisotopic (exact) mass is 368 g/mol. The Morgan fingerprint density at radius 2 is 2.08 bits per heavy atom. The summed E-state index contributed by atoms with van der Waals surface area (Å²) in [6.07, 6.45) is 6.07. The zero-order valence-electron chi connectivity index (χ0n) is 14.4. The molecular weight excluding hydrogens is 348 g/mol. The third-order valence-electron chi connectivity index (χ3n) is 5.66. The van der Waals surface area contributed by atoms with Crippen LogP contribution in [0.1, 0.15) is 19.3 Å². The minimum absolute atomic E-state index is 0.0225. The van der Waals surface area contributed by atoms with Crippen LogP contribution in [-0.2, 0) is 16.1 Å². The Kier molecular flexibility index (Phi) is 3.70. The largest absolute Gasteiger partial charge is 0.460 e. The Hall–Kier alpha value is -2.41. The van der Waals surface area contributed by atoms with Crippen molar-refractivity contribution in [3.8, 4) is 0 Å². The molecule has 0 bridgehead atoms. The molecule has 1 spiro atoms. The molecule has 2 aliphatic heterocycles. The van der Waals surface area contributed by atoms with Crippen LogP contribution in [0.4, 0.5) is 5.13 Å². The van der Waals surface area contributed by atoms with Crippen molar-refractivity contribution in [3.63, 3.8) is 0 Å². The minimum Gasteiger partial charge on any atom is -0.460 e. The number of nitrogens with zero attached hydrogens (tertiary/aromatic N) is 4. The number of anilines is 1. The molecule has 26 heavy (non-hydrogen) atoms. The van der Waals surface area contributed by atoms with Crippen LogP contribution in [0.5, 0.6) is 0 Å². The Labute approximate surface area is 155 Å². The van der Waals surface area contributed by atoms with E-state index in [1.165, 1.54) is 0 Å². The summed E-state index contributed by atoms with van der Waals surface area (Å²) in [5.41, 5.74) is 1.74. The standard InChI is InChI=1S/C19H20N4O2S/c24-17-19(5-8-22(9-6-19)18-20-7-10-26-18)11-14(25-17)12-23-13-21-15-3-1-2-4-16(15)23/h1-4,7,10,13-14H,5-6,8-9,11-12H2. The average Bonchev–Trinajstić information content (AvgIpc) is 3.38. The Morgan fingerprint density at radius 3 is 2.88 bits per heavy atom. The molecule has 3 aromatic rings. The van der Waals surface area contributed by atoms with E-state index in [1.54, 1.807) is 11.3 Å². The van der Waals surface area contributed by atoms with E-state index in [9.17, 15) is 4.79 Å². The molecule has 0 amide bonds. The third kappa shape index (κ3) is 2.58. The van der Waals surface area contributed by atoms with Crippen LogP contribution in [0.25, 0.3) is 11.0 Å². The molecule has 0 N–H and O–H groups in total. The molecule has 4 heterocycles. The van der Waals surface area contributed by atoms with Gasteiger partial charge in [0.25, 0.3) is 0 Å². The van der Waals surface area contributed by atoms with Crippen LogP contribution >= 0.6 is 11.3 Å². The summed E-state index contributed by atoms with van der Waals surface area (Å²) >= 11 is 1.65. The van der Waals surface area contributed by atoms with Gasteiger partial charge in [-0.05, 0) is 25.0 Å². The highest BCUT2D eigenvalue weighted by molar-refractivity contribution is 7.13. The number of hydrogen-bond acceptors (Lipinski definition) is 6. The van der Waals surface area contributed by atoms with E-state index in [1.807, 2.05) is 36.1 Å². The SMILES string of the molecule is O=C1OC(Cn2cnc3ccccc32)CC12CCN(c1nccs1)CC2. The zero-order valence-corrected chi connectivity index (χ0v) is 15.2. The quantitative estimate of drug-likeness (QED) is 0.665. The molecule has 2 aromatic heterocycles. The van der Waals surface area contributed by atoms with Crippen molar-refractivity contribution in [2.45, 2.75) is 31.9 Å². The molecule has 5 rings (SSSR count). The number of rotatable bonds is 3. The Bertz CT molecular complexity index is 928. The molecule has 1 unspecified atom stereocenters. The maximum Gasteiger partial charge on any atom is 0.312 e. The number of hydrogen-bond donors (Lipinski definition) is 0. The van der Waals surface area contributed by atoms with Crippen LogP contribution in [-0.4, -0.2) is 39.7 Å². The second-order valence-electron chi connectivity index (χ2n) is 7.20. The molecule has 1 atom stereocenters. The molecule has 6 nitrogen and oxygen atoms in total. The summed E-state index contributed by atoms with van der Waals surface area (Å²) in [6.45, 7) is 2.40. The van der Waals surface area contributed by atoms with Gasteiger partial charge in [-0.1, -0.05) is 12.1 Å². The Morgan fingerprint density at radius 1 is 1.23 bits per heavy atom. The third-order valence-corrected chi connectivity index (χ3v) is 6.50.